The summed E-state index contributed by atoms with van der Waals surface area (Å²) in [6.45, 7) is 7.69. The fourth-order valence-electron chi connectivity index (χ4n) is 3.42. The summed E-state index contributed by atoms with van der Waals surface area (Å²) in [6.07, 6.45) is 1.28. The van der Waals surface area contributed by atoms with Gasteiger partial charge in [-0.15, -0.1) is 0 Å². The van der Waals surface area contributed by atoms with Crippen LogP contribution < -0.4 is 10.1 Å². The van der Waals surface area contributed by atoms with Crippen molar-refractivity contribution < 1.29 is 24.2 Å². The summed E-state index contributed by atoms with van der Waals surface area (Å²) in [5.41, 5.74) is 1.34. The van der Waals surface area contributed by atoms with Gasteiger partial charge < -0.3 is 24.8 Å². The molecule has 0 spiro atoms. The second-order valence-corrected chi connectivity index (χ2v) is 9.40. The van der Waals surface area contributed by atoms with Gasteiger partial charge >= 0.3 is 12.0 Å². The predicted molar refractivity (Wildman–Crippen MR) is 140 cm³/mol. The number of hydrogen-bond donors (Lipinski definition) is 2. The minimum Gasteiger partial charge on any atom is -0.492 e. The highest BCUT2D eigenvalue weighted by molar-refractivity contribution is 6.36. The molecular weight excluding hydrogens is 491 g/mol. The first-order valence-corrected chi connectivity index (χ1v) is 12.5. The summed E-state index contributed by atoms with van der Waals surface area (Å²) in [5.74, 6) is 0.201. The maximum Gasteiger partial charge on any atom is 0.333 e. The number of carbonyl (C=O) groups is 2. The molecule has 35 heavy (non-hydrogen) atoms. The zero-order valence-corrected chi connectivity index (χ0v) is 21.9. The number of aliphatic carboxylic acids is 1. The molecule has 0 aliphatic rings. The third kappa shape index (κ3) is 10.3. The first kappa shape index (κ1) is 28.8. The lowest BCUT2D eigenvalue weighted by molar-refractivity contribution is -0.149. The first-order chi connectivity index (χ1) is 16.7. The van der Waals surface area contributed by atoms with Crippen LogP contribution >= 0.6 is 23.2 Å². The smallest absolute Gasteiger partial charge is 0.333 e. The molecule has 2 aromatic carbocycles. The van der Waals surface area contributed by atoms with Gasteiger partial charge in [0.2, 0.25) is 0 Å². The summed E-state index contributed by atoms with van der Waals surface area (Å²) >= 11 is 12.2. The van der Waals surface area contributed by atoms with E-state index < -0.39 is 12.1 Å². The van der Waals surface area contributed by atoms with E-state index in [1.54, 1.807) is 42.2 Å². The molecule has 2 rings (SSSR count). The van der Waals surface area contributed by atoms with Crippen molar-refractivity contribution in [2.75, 3.05) is 31.6 Å². The largest absolute Gasteiger partial charge is 0.492 e. The number of halogens is 2. The van der Waals surface area contributed by atoms with E-state index in [1.165, 1.54) is 0 Å². The molecule has 1 unspecified atom stereocenters. The van der Waals surface area contributed by atoms with Crippen LogP contribution in [0.2, 0.25) is 10.0 Å². The Hall–Kier alpha value is -2.48. The van der Waals surface area contributed by atoms with Gasteiger partial charge in [0.05, 0.1) is 17.3 Å². The van der Waals surface area contributed by atoms with Crippen molar-refractivity contribution in [1.82, 2.24) is 4.90 Å². The lowest BCUT2D eigenvalue weighted by Crippen LogP contribution is -2.38. The van der Waals surface area contributed by atoms with Gasteiger partial charge in [0, 0.05) is 24.6 Å². The molecule has 0 fully saturated rings. The molecule has 1 atom stereocenters. The maximum atomic E-state index is 12.9. The number of carboxylic acids is 1. The molecule has 0 bridgehead atoms. The van der Waals surface area contributed by atoms with Crippen LogP contribution in [0.3, 0.4) is 0 Å². The standard InChI is InChI=1S/C26H34Cl2N2O5/c1-4-34-24(25(31)32)16-19-7-10-21(11-8-19)35-15-14-30(13-5-6-18(2)3)26(33)29-23-12-9-20(27)17-22(23)28/h7-12,17-18,24H,4-6,13-16H2,1-3H3,(H,29,33)(H,31,32). The number of carbonyl (C=O) groups excluding carboxylic acids is 1. The normalized spacial score (nSPS) is 11.8. The molecule has 0 saturated carbocycles. The number of carboxylic acid groups (broad SMARTS) is 1. The SMILES string of the molecule is CCOC(Cc1ccc(OCCN(CCCC(C)C)C(=O)Nc2ccc(Cl)cc2Cl)cc1)C(=O)O. The number of nitrogens with one attached hydrogen (secondary N) is 1. The number of rotatable bonds is 14. The van der Waals surface area contributed by atoms with Gasteiger partial charge in [-0.1, -0.05) is 49.2 Å². The summed E-state index contributed by atoms with van der Waals surface area (Å²) in [5, 5.41) is 13.0. The molecule has 192 valence electrons. The van der Waals surface area contributed by atoms with Crippen molar-refractivity contribution in [1.29, 1.82) is 0 Å². The number of amides is 2. The molecule has 0 heterocycles. The topological polar surface area (TPSA) is 88.1 Å². The molecule has 0 aliphatic heterocycles. The van der Waals surface area contributed by atoms with Crippen LogP contribution in [-0.4, -0.2) is 54.4 Å². The van der Waals surface area contributed by atoms with E-state index in [2.05, 4.69) is 19.2 Å². The van der Waals surface area contributed by atoms with Crippen molar-refractivity contribution in [3.8, 4) is 5.75 Å². The van der Waals surface area contributed by atoms with Crippen LogP contribution in [0.15, 0.2) is 42.5 Å². The summed E-state index contributed by atoms with van der Waals surface area (Å²) < 4.78 is 11.1. The molecule has 2 N–H and O–H groups in total. The molecule has 2 amide bonds. The Labute approximate surface area is 217 Å². The van der Waals surface area contributed by atoms with Gasteiger partial charge in [-0.3, -0.25) is 0 Å². The van der Waals surface area contributed by atoms with Crippen LogP contribution in [0.5, 0.6) is 5.75 Å². The van der Waals surface area contributed by atoms with Crippen LogP contribution in [0.1, 0.15) is 39.2 Å². The van der Waals surface area contributed by atoms with E-state index in [1.807, 2.05) is 12.1 Å². The van der Waals surface area contributed by atoms with Crippen LogP contribution in [0, 0.1) is 5.92 Å². The molecule has 0 radical (unpaired) electrons. The van der Waals surface area contributed by atoms with E-state index in [-0.39, 0.29) is 12.5 Å². The second-order valence-electron chi connectivity index (χ2n) is 8.56. The number of nitrogens with zero attached hydrogens (tertiary/aromatic N) is 1. The number of hydrogen-bond acceptors (Lipinski definition) is 4. The quantitative estimate of drug-likeness (QED) is 0.299. The Kier molecular flexibility index (Phi) is 12.2. The molecule has 0 aliphatic carbocycles. The fourth-order valence-corrected chi connectivity index (χ4v) is 3.87. The lowest BCUT2D eigenvalue weighted by Gasteiger charge is -2.24. The number of ether oxygens (including phenoxy) is 2. The summed E-state index contributed by atoms with van der Waals surface area (Å²) in [7, 11) is 0. The minimum atomic E-state index is -0.983. The van der Waals surface area contributed by atoms with E-state index in [0.29, 0.717) is 53.7 Å². The van der Waals surface area contributed by atoms with Crippen molar-refractivity contribution >= 4 is 40.9 Å². The van der Waals surface area contributed by atoms with Crippen LogP contribution in [0.25, 0.3) is 0 Å². The summed E-state index contributed by atoms with van der Waals surface area (Å²) in [6, 6.07) is 11.9. The van der Waals surface area contributed by atoms with Crippen molar-refractivity contribution in [2.24, 2.45) is 5.92 Å². The maximum absolute atomic E-state index is 12.9. The highest BCUT2D eigenvalue weighted by Gasteiger charge is 2.18. The second kappa shape index (κ2) is 14.8. The Balaban J connectivity index is 1.94. The van der Waals surface area contributed by atoms with E-state index in [9.17, 15) is 14.7 Å². The molecule has 9 heteroatoms. The molecular formula is C26H34Cl2N2O5. The van der Waals surface area contributed by atoms with Crippen molar-refractivity contribution in [3.05, 3.63) is 58.1 Å². The van der Waals surface area contributed by atoms with Gasteiger partial charge in [0.1, 0.15) is 12.4 Å². The molecule has 0 saturated heterocycles. The zero-order valence-electron chi connectivity index (χ0n) is 20.4. The van der Waals surface area contributed by atoms with Gasteiger partial charge in [-0.05, 0) is 61.6 Å². The zero-order chi connectivity index (χ0) is 25.8. The van der Waals surface area contributed by atoms with Gasteiger partial charge in [0.15, 0.2) is 6.10 Å². The van der Waals surface area contributed by atoms with Gasteiger partial charge in [-0.25, -0.2) is 9.59 Å². The Bertz CT molecular complexity index is 953. The minimum absolute atomic E-state index is 0.257. The summed E-state index contributed by atoms with van der Waals surface area (Å²) in [4.78, 5) is 25.9. The molecule has 0 aromatic heterocycles. The third-order valence-corrected chi connectivity index (χ3v) is 5.83. The highest BCUT2D eigenvalue weighted by atomic mass is 35.5. The Morgan fingerprint density at radius 3 is 2.40 bits per heavy atom. The monoisotopic (exact) mass is 524 g/mol. The lowest BCUT2D eigenvalue weighted by atomic mass is 10.1. The van der Waals surface area contributed by atoms with Crippen molar-refractivity contribution in [3.63, 3.8) is 0 Å². The van der Waals surface area contributed by atoms with Gasteiger partial charge in [-0.2, -0.15) is 0 Å². The van der Waals surface area contributed by atoms with Crippen molar-refractivity contribution in [2.45, 2.75) is 46.1 Å². The van der Waals surface area contributed by atoms with Crippen LogP contribution in [0.4, 0.5) is 10.5 Å². The van der Waals surface area contributed by atoms with E-state index >= 15 is 0 Å². The van der Waals surface area contributed by atoms with Gasteiger partial charge in [0.25, 0.3) is 0 Å². The number of urea groups is 1. The number of benzene rings is 2. The van der Waals surface area contributed by atoms with Crippen LogP contribution in [-0.2, 0) is 16.0 Å². The Morgan fingerprint density at radius 2 is 1.80 bits per heavy atom. The average molecular weight is 525 g/mol. The fraction of sp³-hybridized carbons (Fsp3) is 0.462. The predicted octanol–water partition coefficient (Wildman–Crippen LogP) is 6.37. The average Bonchev–Trinajstić information content (AvgIpc) is 2.80. The van der Waals surface area contributed by atoms with E-state index in [0.717, 1.165) is 18.4 Å². The third-order valence-electron chi connectivity index (χ3n) is 5.29. The highest BCUT2D eigenvalue weighted by Crippen LogP contribution is 2.25. The Morgan fingerprint density at radius 1 is 1.09 bits per heavy atom. The first-order valence-electron chi connectivity index (χ1n) is 11.8. The number of anilines is 1. The molecule has 7 nitrogen and oxygen atoms in total. The van der Waals surface area contributed by atoms with E-state index in [4.69, 9.17) is 32.7 Å². The molecule has 2 aromatic rings.